The topological polar surface area (TPSA) is 99.1 Å². The van der Waals surface area contributed by atoms with Crippen LogP contribution in [0, 0.1) is 0 Å². The van der Waals surface area contributed by atoms with E-state index in [9.17, 15) is 14.7 Å². The third kappa shape index (κ3) is 4.87. The lowest BCUT2D eigenvalue weighted by Crippen LogP contribution is -2.36. The van der Waals surface area contributed by atoms with E-state index in [1.807, 2.05) is 30.3 Å². The Hall–Kier alpha value is -2.77. The molecule has 0 fully saturated rings. The third-order valence-corrected chi connectivity index (χ3v) is 3.95. The van der Waals surface area contributed by atoms with E-state index in [1.165, 1.54) is 24.1 Å². The fraction of sp³-hybridized carbons (Fsp3) is 0.222. The number of carboxylic acids is 1. The summed E-state index contributed by atoms with van der Waals surface area (Å²) >= 11 is 6.09. The number of hydrogen-bond donors (Lipinski definition) is 3. The van der Waals surface area contributed by atoms with Crippen molar-refractivity contribution in [2.75, 3.05) is 25.6 Å². The summed E-state index contributed by atoms with van der Waals surface area (Å²) in [5.74, 6) is -1.11. The average molecular weight is 379 g/mol. The molecule has 8 heteroatoms. The second kappa shape index (κ2) is 9.07. The molecule has 0 aliphatic rings. The van der Waals surface area contributed by atoms with E-state index in [1.54, 1.807) is 0 Å². The molecule has 7 nitrogen and oxygen atoms in total. The maximum absolute atomic E-state index is 12.6. The highest BCUT2D eigenvalue weighted by atomic mass is 35.5. The van der Waals surface area contributed by atoms with E-state index < -0.39 is 12.0 Å². The number of aromatic carboxylic acids is 1. The summed E-state index contributed by atoms with van der Waals surface area (Å²) in [6.45, 7) is 0.229. The van der Waals surface area contributed by atoms with Crippen molar-refractivity contribution in [1.29, 1.82) is 0 Å². The molecule has 2 amide bonds. The van der Waals surface area contributed by atoms with Gasteiger partial charge in [0, 0.05) is 19.2 Å². The van der Waals surface area contributed by atoms with Crippen LogP contribution in [0.15, 0.2) is 42.5 Å². The number of halogens is 1. The summed E-state index contributed by atoms with van der Waals surface area (Å²) in [6.07, 6.45) is 0. The molecule has 2 aromatic carbocycles. The summed E-state index contributed by atoms with van der Waals surface area (Å²) in [4.78, 5) is 25.2. The van der Waals surface area contributed by atoms with Gasteiger partial charge in [0.05, 0.1) is 24.4 Å². The van der Waals surface area contributed by atoms with Crippen LogP contribution in [0.25, 0.3) is 0 Å². The molecule has 0 saturated heterocycles. The van der Waals surface area contributed by atoms with E-state index in [0.717, 1.165) is 5.56 Å². The molecule has 0 aromatic heterocycles. The molecule has 0 aliphatic carbocycles. The number of rotatable bonds is 7. The van der Waals surface area contributed by atoms with Gasteiger partial charge in [0.2, 0.25) is 0 Å². The van der Waals surface area contributed by atoms with Crippen LogP contribution >= 0.6 is 11.6 Å². The number of nitrogens with zero attached hydrogens (tertiary/aromatic N) is 1. The lowest BCUT2D eigenvalue weighted by atomic mass is 10.1. The molecule has 0 spiro atoms. The van der Waals surface area contributed by atoms with Gasteiger partial charge >= 0.3 is 12.0 Å². The van der Waals surface area contributed by atoms with E-state index in [4.69, 9.17) is 21.4 Å². The highest BCUT2D eigenvalue weighted by Crippen LogP contribution is 2.31. The SMILES string of the molecule is COc1cc(NC(=O)N(CCO)Cc2ccccc2)c(Cl)cc1C(=O)O. The number of carbonyl (C=O) groups excluding carboxylic acids is 1. The number of urea groups is 1. The number of methoxy groups -OCH3 is 1. The van der Waals surface area contributed by atoms with Crippen molar-refractivity contribution in [3.8, 4) is 5.75 Å². The maximum Gasteiger partial charge on any atom is 0.339 e. The largest absolute Gasteiger partial charge is 0.496 e. The van der Waals surface area contributed by atoms with E-state index >= 15 is 0 Å². The molecule has 2 aromatic rings. The second-order valence-corrected chi connectivity index (χ2v) is 5.81. The molecule has 0 saturated carbocycles. The number of ether oxygens (including phenoxy) is 1. The molecule has 0 unspecified atom stereocenters. The molecule has 3 N–H and O–H groups in total. The zero-order chi connectivity index (χ0) is 19.1. The molecule has 0 radical (unpaired) electrons. The van der Waals surface area contributed by atoms with Gasteiger partial charge in [-0.05, 0) is 11.6 Å². The molecular formula is C18H19ClN2O5. The second-order valence-electron chi connectivity index (χ2n) is 5.40. The Balaban J connectivity index is 2.21. The molecule has 26 heavy (non-hydrogen) atoms. The van der Waals surface area contributed by atoms with Crippen LogP contribution in [0.3, 0.4) is 0 Å². The van der Waals surface area contributed by atoms with E-state index in [-0.39, 0.29) is 35.2 Å². The smallest absolute Gasteiger partial charge is 0.339 e. The summed E-state index contributed by atoms with van der Waals surface area (Å²) in [7, 11) is 1.33. The monoisotopic (exact) mass is 378 g/mol. The molecule has 138 valence electrons. The van der Waals surface area contributed by atoms with Crippen LogP contribution in [-0.2, 0) is 6.54 Å². The summed E-state index contributed by atoms with van der Waals surface area (Å²) < 4.78 is 5.04. The van der Waals surface area contributed by atoms with Crippen LogP contribution < -0.4 is 10.1 Å². The van der Waals surface area contributed by atoms with Crippen molar-refractivity contribution in [3.63, 3.8) is 0 Å². The first-order chi connectivity index (χ1) is 12.5. The quantitative estimate of drug-likeness (QED) is 0.687. The molecule has 0 heterocycles. The van der Waals surface area contributed by atoms with Crippen LogP contribution in [0.5, 0.6) is 5.75 Å². The first-order valence-electron chi connectivity index (χ1n) is 7.77. The minimum atomic E-state index is -1.19. The zero-order valence-corrected chi connectivity index (χ0v) is 14.9. The zero-order valence-electron chi connectivity index (χ0n) is 14.1. The van der Waals surface area contributed by atoms with Gasteiger partial charge in [0.25, 0.3) is 0 Å². The predicted octanol–water partition coefficient (Wildman–Crippen LogP) is 3.07. The maximum atomic E-state index is 12.6. The lowest BCUT2D eigenvalue weighted by molar-refractivity contribution is 0.0693. The lowest BCUT2D eigenvalue weighted by Gasteiger charge is -2.23. The summed E-state index contributed by atoms with van der Waals surface area (Å²) in [5, 5.41) is 21.1. The first-order valence-corrected chi connectivity index (χ1v) is 8.15. The number of aliphatic hydroxyl groups excluding tert-OH is 1. The minimum absolute atomic E-state index is 0.0696. The van der Waals surface area contributed by atoms with Crippen molar-refractivity contribution in [2.45, 2.75) is 6.54 Å². The number of carbonyl (C=O) groups is 2. The predicted molar refractivity (Wildman–Crippen MR) is 97.9 cm³/mol. The van der Waals surface area contributed by atoms with Crippen molar-refractivity contribution in [3.05, 3.63) is 58.6 Å². The van der Waals surface area contributed by atoms with Crippen LogP contribution in [0.2, 0.25) is 5.02 Å². The van der Waals surface area contributed by atoms with Crippen molar-refractivity contribution >= 4 is 29.3 Å². The van der Waals surface area contributed by atoms with E-state index in [2.05, 4.69) is 5.32 Å². The van der Waals surface area contributed by atoms with Crippen LogP contribution in [0.4, 0.5) is 10.5 Å². The number of amides is 2. The third-order valence-electron chi connectivity index (χ3n) is 3.63. The van der Waals surface area contributed by atoms with E-state index in [0.29, 0.717) is 6.54 Å². The van der Waals surface area contributed by atoms with Gasteiger partial charge in [-0.1, -0.05) is 41.9 Å². The molecule has 2 rings (SSSR count). The number of hydrogen-bond acceptors (Lipinski definition) is 4. The Morgan fingerprint density at radius 3 is 2.50 bits per heavy atom. The number of aliphatic hydroxyl groups is 1. The fourth-order valence-corrected chi connectivity index (χ4v) is 2.57. The Morgan fingerprint density at radius 1 is 1.23 bits per heavy atom. The number of carboxylic acid groups (broad SMARTS) is 1. The first kappa shape index (κ1) is 19.6. The molecule has 0 bridgehead atoms. The molecule has 0 atom stereocenters. The Bertz CT molecular complexity index is 783. The van der Waals surface area contributed by atoms with Crippen molar-refractivity contribution in [2.24, 2.45) is 0 Å². The van der Waals surface area contributed by atoms with Gasteiger partial charge in [-0.25, -0.2) is 9.59 Å². The van der Waals surface area contributed by atoms with Crippen LogP contribution in [-0.4, -0.2) is 47.4 Å². The highest BCUT2D eigenvalue weighted by molar-refractivity contribution is 6.34. The molecular weight excluding hydrogens is 360 g/mol. The van der Waals surface area contributed by atoms with Crippen molar-refractivity contribution in [1.82, 2.24) is 4.90 Å². The highest BCUT2D eigenvalue weighted by Gasteiger charge is 2.19. The Morgan fingerprint density at radius 2 is 1.92 bits per heavy atom. The molecule has 0 aliphatic heterocycles. The minimum Gasteiger partial charge on any atom is -0.496 e. The van der Waals surface area contributed by atoms with Crippen molar-refractivity contribution < 1.29 is 24.5 Å². The number of nitrogens with one attached hydrogen (secondary N) is 1. The number of anilines is 1. The van der Waals surface area contributed by atoms with Gasteiger partial charge in [-0.3, -0.25) is 0 Å². The van der Waals surface area contributed by atoms with Crippen LogP contribution in [0.1, 0.15) is 15.9 Å². The average Bonchev–Trinajstić information content (AvgIpc) is 2.63. The number of benzene rings is 2. The van der Waals surface area contributed by atoms with Gasteiger partial charge in [-0.15, -0.1) is 0 Å². The normalized spacial score (nSPS) is 10.3. The summed E-state index contributed by atoms with van der Waals surface area (Å²) in [5.41, 5.74) is 1.02. The van der Waals surface area contributed by atoms with Gasteiger partial charge in [-0.2, -0.15) is 0 Å². The summed E-state index contributed by atoms with van der Waals surface area (Å²) in [6, 6.07) is 11.4. The standard InChI is InChI=1S/C18H19ClN2O5/c1-26-16-10-15(14(19)9-13(16)17(23)24)20-18(25)21(7-8-22)11-12-5-3-2-4-6-12/h2-6,9-10,22H,7-8,11H2,1H3,(H,20,25)(H,23,24). The Labute approximate surface area is 155 Å². The van der Waals surface area contributed by atoms with Gasteiger partial charge in [0.1, 0.15) is 11.3 Å². The van der Waals surface area contributed by atoms with Gasteiger partial charge in [0.15, 0.2) is 0 Å². The van der Waals surface area contributed by atoms with Gasteiger partial charge < -0.3 is 25.2 Å². The Kier molecular flexibility index (Phi) is 6.82. The fourth-order valence-electron chi connectivity index (χ4n) is 2.36.